The number of piperidine rings is 1. The van der Waals surface area contributed by atoms with Crippen LogP contribution in [-0.4, -0.2) is 34.0 Å². The van der Waals surface area contributed by atoms with E-state index in [1.807, 2.05) is 18.2 Å². The van der Waals surface area contributed by atoms with Gasteiger partial charge in [0.2, 0.25) is 6.41 Å². The molecule has 0 radical (unpaired) electrons. The predicted octanol–water partition coefficient (Wildman–Crippen LogP) is 1.06. The molecule has 15 heavy (non-hydrogen) atoms. The molecular formula is C11H17N3O. The van der Waals surface area contributed by atoms with Crippen molar-refractivity contribution in [2.45, 2.75) is 26.3 Å². The van der Waals surface area contributed by atoms with Crippen LogP contribution in [0.3, 0.4) is 0 Å². The van der Waals surface area contributed by atoms with Gasteiger partial charge in [0, 0.05) is 25.8 Å². The summed E-state index contributed by atoms with van der Waals surface area (Å²) in [5, 5.41) is 0. The third-order valence-electron chi connectivity index (χ3n) is 2.93. The van der Waals surface area contributed by atoms with E-state index >= 15 is 0 Å². The molecular weight excluding hydrogens is 190 g/mol. The summed E-state index contributed by atoms with van der Waals surface area (Å²) < 4.78 is 2.12. The highest BCUT2D eigenvalue weighted by atomic mass is 16.1. The molecule has 82 valence electrons. The minimum Gasteiger partial charge on any atom is -0.345 e. The van der Waals surface area contributed by atoms with Crippen molar-refractivity contribution in [1.82, 2.24) is 14.5 Å². The Morgan fingerprint density at radius 1 is 1.67 bits per heavy atom. The molecule has 0 saturated carbocycles. The first kappa shape index (κ1) is 10.2. The summed E-state index contributed by atoms with van der Waals surface area (Å²) in [5.41, 5.74) is 1.05. The van der Waals surface area contributed by atoms with Crippen molar-refractivity contribution in [3.8, 4) is 0 Å². The summed E-state index contributed by atoms with van der Waals surface area (Å²) in [6.07, 6.45) is 7.22. The summed E-state index contributed by atoms with van der Waals surface area (Å²) in [5.74, 6) is 0.581. The molecule has 1 aliphatic heterocycles. The van der Waals surface area contributed by atoms with Crippen molar-refractivity contribution in [2.75, 3.05) is 13.1 Å². The standard InChI is InChI=1S/C11H17N3O/c1-10-5-14(8-12-10)7-11-3-2-4-13(6-11)9-15/h5,8-9,11H,2-4,6-7H2,1H3/t11-/m1/s1. The van der Waals surface area contributed by atoms with Crippen molar-refractivity contribution >= 4 is 6.41 Å². The smallest absolute Gasteiger partial charge is 0.209 e. The molecule has 0 aromatic carbocycles. The molecule has 4 heteroatoms. The van der Waals surface area contributed by atoms with E-state index in [1.54, 1.807) is 0 Å². The third kappa shape index (κ3) is 2.58. The zero-order valence-corrected chi connectivity index (χ0v) is 9.09. The molecule has 1 aromatic heterocycles. The molecule has 2 heterocycles. The number of amides is 1. The Kier molecular flexibility index (Phi) is 3.04. The van der Waals surface area contributed by atoms with Crippen LogP contribution in [0.4, 0.5) is 0 Å². The van der Waals surface area contributed by atoms with E-state index in [4.69, 9.17) is 0 Å². The first-order valence-corrected chi connectivity index (χ1v) is 5.45. The van der Waals surface area contributed by atoms with Gasteiger partial charge in [0.05, 0.1) is 12.0 Å². The van der Waals surface area contributed by atoms with Gasteiger partial charge in [0.25, 0.3) is 0 Å². The number of aromatic nitrogens is 2. The van der Waals surface area contributed by atoms with Crippen molar-refractivity contribution in [3.05, 3.63) is 18.2 Å². The first-order valence-electron chi connectivity index (χ1n) is 5.45. The molecule has 0 spiro atoms. The fourth-order valence-corrected chi connectivity index (χ4v) is 2.21. The van der Waals surface area contributed by atoms with E-state index in [1.165, 1.54) is 6.42 Å². The second-order valence-corrected chi connectivity index (χ2v) is 4.32. The van der Waals surface area contributed by atoms with E-state index in [-0.39, 0.29) is 0 Å². The Bertz CT molecular complexity index is 334. The molecule has 0 N–H and O–H groups in total. The molecule has 1 amide bonds. The maximum atomic E-state index is 10.7. The van der Waals surface area contributed by atoms with E-state index in [0.29, 0.717) is 5.92 Å². The van der Waals surface area contributed by atoms with Crippen molar-refractivity contribution in [3.63, 3.8) is 0 Å². The van der Waals surface area contributed by atoms with E-state index < -0.39 is 0 Å². The lowest BCUT2D eigenvalue weighted by molar-refractivity contribution is -0.119. The van der Waals surface area contributed by atoms with Crippen LogP contribution in [0.5, 0.6) is 0 Å². The molecule has 0 aliphatic carbocycles. The largest absolute Gasteiger partial charge is 0.345 e. The van der Waals surface area contributed by atoms with Crippen LogP contribution in [0.2, 0.25) is 0 Å². The summed E-state index contributed by atoms with van der Waals surface area (Å²) in [6, 6.07) is 0. The SMILES string of the molecule is Cc1cn(C[C@@H]2CCCN(C=O)C2)cn1. The maximum absolute atomic E-state index is 10.7. The minimum absolute atomic E-state index is 0.581. The van der Waals surface area contributed by atoms with Crippen molar-refractivity contribution in [1.29, 1.82) is 0 Å². The molecule has 1 atom stereocenters. The van der Waals surface area contributed by atoms with Crippen LogP contribution >= 0.6 is 0 Å². The number of aryl methyl sites for hydroxylation is 1. The van der Waals surface area contributed by atoms with E-state index in [2.05, 4.69) is 15.7 Å². The highest BCUT2D eigenvalue weighted by Crippen LogP contribution is 2.17. The Morgan fingerprint density at radius 2 is 2.53 bits per heavy atom. The summed E-state index contributed by atoms with van der Waals surface area (Å²) in [6.45, 7) is 4.78. The zero-order chi connectivity index (χ0) is 10.7. The Labute approximate surface area is 89.9 Å². The molecule has 1 aromatic rings. The maximum Gasteiger partial charge on any atom is 0.209 e. The van der Waals surface area contributed by atoms with Crippen LogP contribution in [-0.2, 0) is 11.3 Å². The molecule has 1 saturated heterocycles. The van der Waals surface area contributed by atoms with Gasteiger partial charge in [-0.2, -0.15) is 0 Å². The Hall–Kier alpha value is -1.32. The number of carbonyl (C=O) groups excluding carboxylic acids is 1. The van der Waals surface area contributed by atoms with Gasteiger partial charge in [-0.15, -0.1) is 0 Å². The van der Waals surface area contributed by atoms with Gasteiger partial charge < -0.3 is 9.47 Å². The molecule has 2 rings (SSSR count). The number of likely N-dealkylation sites (tertiary alicyclic amines) is 1. The second kappa shape index (κ2) is 4.47. The first-order chi connectivity index (χ1) is 7.28. The number of imidazole rings is 1. The Morgan fingerprint density at radius 3 is 3.20 bits per heavy atom. The normalized spacial score (nSPS) is 21.7. The van der Waals surface area contributed by atoms with Crippen molar-refractivity contribution < 1.29 is 4.79 Å². The summed E-state index contributed by atoms with van der Waals surface area (Å²) in [4.78, 5) is 16.7. The average Bonchev–Trinajstić information content (AvgIpc) is 2.64. The van der Waals surface area contributed by atoms with Gasteiger partial charge in [-0.25, -0.2) is 4.98 Å². The van der Waals surface area contributed by atoms with Gasteiger partial charge in [0.1, 0.15) is 0 Å². The summed E-state index contributed by atoms with van der Waals surface area (Å²) >= 11 is 0. The fraction of sp³-hybridized carbons (Fsp3) is 0.636. The fourth-order valence-electron chi connectivity index (χ4n) is 2.21. The van der Waals surface area contributed by atoms with Gasteiger partial charge >= 0.3 is 0 Å². The summed E-state index contributed by atoms with van der Waals surface area (Å²) in [7, 11) is 0. The number of hydrogen-bond donors (Lipinski definition) is 0. The lowest BCUT2D eigenvalue weighted by Gasteiger charge is -2.29. The van der Waals surface area contributed by atoms with Crippen LogP contribution in [0, 0.1) is 12.8 Å². The van der Waals surface area contributed by atoms with Gasteiger partial charge in [0.15, 0.2) is 0 Å². The van der Waals surface area contributed by atoms with Crippen LogP contribution in [0.15, 0.2) is 12.5 Å². The number of rotatable bonds is 3. The number of hydrogen-bond acceptors (Lipinski definition) is 2. The minimum atomic E-state index is 0.581. The van der Waals surface area contributed by atoms with Gasteiger partial charge in [-0.05, 0) is 25.7 Å². The monoisotopic (exact) mass is 207 g/mol. The Balaban J connectivity index is 1.91. The molecule has 1 fully saturated rings. The number of nitrogens with zero attached hydrogens (tertiary/aromatic N) is 3. The van der Waals surface area contributed by atoms with Crippen molar-refractivity contribution in [2.24, 2.45) is 5.92 Å². The quantitative estimate of drug-likeness (QED) is 0.695. The van der Waals surface area contributed by atoms with Gasteiger partial charge in [-0.1, -0.05) is 0 Å². The molecule has 0 unspecified atom stereocenters. The zero-order valence-electron chi connectivity index (χ0n) is 9.09. The van der Waals surface area contributed by atoms with Gasteiger partial charge in [-0.3, -0.25) is 4.79 Å². The van der Waals surface area contributed by atoms with Crippen LogP contribution in [0.1, 0.15) is 18.5 Å². The molecule has 4 nitrogen and oxygen atoms in total. The topological polar surface area (TPSA) is 38.1 Å². The average molecular weight is 207 g/mol. The lowest BCUT2D eigenvalue weighted by atomic mass is 9.98. The second-order valence-electron chi connectivity index (χ2n) is 4.32. The third-order valence-corrected chi connectivity index (χ3v) is 2.93. The highest BCUT2D eigenvalue weighted by molar-refractivity contribution is 5.47. The number of carbonyl (C=O) groups is 1. The van der Waals surface area contributed by atoms with E-state index in [9.17, 15) is 4.79 Å². The molecule has 0 bridgehead atoms. The highest BCUT2D eigenvalue weighted by Gasteiger charge is 2.18. The molecule has 1 aliphatic rings. The van der Waals surface area contributed by atoms with E-state index in [0.717, 1.165) is 38.2 Å². The predicted molar refractivity (Wildman–Crippen MR) is 57.3 cm³/mol. The van der Waals surface area contributed by atoms with Crippen LogP contribution in [0.25, 0.3) is 0 Å². The van der Waals surface area contributed by atoms with Crippen LogP contribution < -0.4 is 0 Å². The lowest BCUT2D eigenvalue weighted by Crippen LogP contribution is -2.35.